The van der Waals surface area contributed by atoms with E-state index in [-0.39, 0.29) is 55.1 Å². The van der Waals surface area contributed by atoms with E-state index in [1.54, 1.807) is 0 Å². The summed E-state index contributed by atoms with van der Waals surface area (Å²) in [5.74, 6) is -0.788. The third-order valence-electron chi connectivity index (χ3n) is 6.92. The lowest BCUT2D eigenvalue weighted by atomic mass is 9.95. The summed E-state index contributed by atoms with van der Waals surface area (Å²) < 4.78 is 107. The maximum Gasteiger partial charge on any atom is 0.416 e. The molecule has 4 rings (SSSR count). The molecule has 2 aromatic carbocycles. The zero-order chi connectivity index (χ0) is 31.5. The lowest BCUT2D eigenvalue weighted by molar-refractivity contribution is -0.149. The van der Waals surface area contributed by atoms with Gasteiger partial charge in [0, 0.05) is 25.1 Å². The molecule has 1 fully saturated rings. The first-order valence-electron chi connectivity index (χ1n) is 12.8. The minimum absolute atomic E-state index is 0. The molecule has 0 spiro atoms. The second kappa shape index (κ2) is 13.7. The van der Waals surface area contributed by atoms with E-state index in [2.05, 4.69) is 15.4 Å². The Labute approximate surface area is 253 Å². The highest BCUT2D eigenvalue weighted by Crippen LogP contribution is 2.37. The second-order valence-corrected chi connectivity index (χ2v) is 12.0. The Hall–Kier alpha value is -3.48. The van der Waals surface area contributed by atoms with Gasteiger partial charge in [-0.2, -0.15) is 31.1 Å². The van der Waals surface area contributed by atoms with Gasteiger partial charge in [-0.25, -0.2) is 13.9 Å². The fourth-order valence-electron chi connectivity index (χ4n) is 4.64. The summed E-state index contributed by atoms with van der Waals surface area (Å²) in [6, 6.07) is 9.44. The molecule has 1 saturated heterocycles. The molecule has 1 aliphatic rings. The molecule has 1 amide bonds. The number of rotatable bonds is 10. The number of nitrogens with zero attached hydrogens (tertiary/aromatic N) is 5. The van der Waals surface area contributed by atoms with Gasteiger partial charge in [-0.15, -0.1) is 22.6 Å². The Morgan fingerprint density at radius 1 is 1.00 bits per heavy atom. The van der Waals surface area contributed by atoms with Crippen LogP contribution in [0.5, 0.6) is 5.75 Å². The summed E-state index contributed by atoms with van der Waals surface area (Å²) in [6.45, 7) is -1.48. The first kappa shape index (κ1) is 35.0. The Kier molecular flexibility index (Phi) is 10.9. The number of piperidine rings is 1. The topological polar surface area (TPSA) is 140 Å². The average molecular weight is 673 g/mol. The quantitative estimate of drug-likeness (QED) is 0.142. The number of alkyl halides is 6. The number of sulfone groups is 1. The number of aromatic nitrogens is 4. The highest BCUT2D eigenvalue weighted by Gasteiger charge is 2.53. The molecule has 0 radical (unpaired) electrons. The van der Waals surface area contributed by atoms with Crippen molar-refractivity contribution >= 4 is 28.2 Å². The monoisotopic (exact) mass is 672 g/mol. The predicted molar refractivity (Wildman–Crippen MR) is 144 cm³/mol. The molecule has 242 valence electrons. The third-order valence-corrected chi connectivity index (χ3v) is 9.44. The van der Waals surface area contributed by atoms with Gasteiger partial charge in [0.1, 0.15) is 5.75 Å². The van der Waals surface area contributed by atoms with Crippen molar-refractivity contribution in [3.63, 3.8) is 0 Å². The number of nitrogens with one attached hydrogen (secondary N) is 1. The Morgan fingerprint density at radius 3 is 2.16 bits per heavy atom. The highest BCUT2D eigenvalue weighted by molar-refractivity contribution is 7.93. The first-order chi connectivity index (χ1) is 20.1. The molecule has 0 unspecified atom stereocenters. The van der Waals surface area contributed by atoms with E-state index in [0.29, 0.717) is 12.0 Å². The molecule has 2 heterocycles. The van der Waals surface area contributed by atoms with Crippen LogP contribution in [-0.2, 0) is 27.4 Å². The lowest BCUT2D eigenvalue weighted by Gasteiger charge is -2.39. The number of amides is 1. The number of carbonyl (C=O) groups excluding carboxylic acids is 1. The van der Waals surface area contributed by atoms with Crippen LogP contribution in [0.4, 0.5) is 26.3 Å². The maximum atomic E-state index is 13.5. The van der Waals surface area contributed by atoms with Gasteiger partial charge in [0.2, 0.25) is 5.82 Å². The Bertz CT molecular complexity index is 1510. The molecule has 44 heavy (non-hydrogen) atoms. The minimum Gasteiger partial charge on any atom is -0.494 e. The standard InChI is InChI=1S/C25H26F6N6O5S.ClH/c26-24(27,28)16-36-13-10-23(11-14-36,22(38)34-39)43(40,41)20-8-6-19(7-9-20)42-15-1-12-37-33-21(32-35-37)17-2-4-18(5-3-17)25(29,30)31;/h2-9,39H,1,10-16H2,(H,34,38);1H. The SMILES string of the molecule is Cl.O=C(NO)C1(S(=O)(=O)c2ccc(OCCCn3nnc(-c4ccc(C(F)(F)F)cc4)n3)cc2)CCN(CC(F)(F)F)CC1. The van der Waals surface area contributed by atoms with E-state index in [1.807, 2.05) is 0 Å². The van der Waals surface area contributed by atoms with Crippen LogP contribution in [0.2, 0.25) is 0 Å². The number of hydroxylamine groups is 1. The molecule has 2 N–H and O–H groups in total. The van der Waals surface area contributed by atoms with Crippen LogP contribution in [0, 0.1) is 0 Å². The van der Waals surface area contributed by atoms with E-state index < -0.39 is 57.8 Å². The number of aryl methyl sites for hydroxylation is 1. The summed E-state index contributed by atoms with van der Waals surface area (Å²) in [5, 5.41) is 21.1. The molecule has 0 aliphatic carbocycles. The number of benzene rings is 2. The fourth-order valence-corrected chi connectivity index (χ4v) is 6.60. The number of halogens is 7. The van der Waals surface area contributed by atoms with E-state index in [0.717, 1.165) is 17.0 Å². The van der Waals surface area contributed by atoms with Gasteiger partial charge in [0.15, 0.2) is 14.6 Å². The van der Waals surface area contributed by atoms with Gasteiger partial charge in [-0.05, 0) is 54.5 Å². The van der Waals surface area contributed by atoms with Crippen molar-refractivity contribution in [3.8, 4) is 17.1 Å². The van der Waals surface area contributed by atoms with Gasteiger partial charge in [-0.3, -0.25) is 14.9 Å². The Balaban J connectivity index is 0.00000529. The summed E-state index contributed by atoms with van der Waals surface area (Å²) >= 11 is 0. The van der Waals surface area contributed by atoms with Crippen LogP contribution >= 0.6 is 12.4 Å². The van der Waals surface area contributed by atoms with Crippen molar-refractivity contribution in [1.82, 2.24) is 30.6 Å². The van der Waals surface area contributed by atoms with Crippen molar-refractivity contribution in [2.24, 2.45) is 0 Å². The van der Waals surface area contributed by atoms with Crippen LogP contribution in [0.3, 0.4) is 0 Å². The van der Waals surface area contributed by atoms with Crippen molar-refractivity contribution in [2.75, 3.05) is 26.2 Å². The van der Waals surface area contributed by atoms with E-state index in [9.17, 15) is 44.8 Å². The average Bonchev–Trinajstić information content (AvgIpc) is 3.43. The molecule has 19 heteroatoms. The second-order valence-electron chi connectivity index (χ2n) is 9.79. The number of likely N-dealkylation sites (tertiary alicyclic amines) is 1. The molecule has 3 aromatic rings. The van der Waals surface area contributed by atoms with Crippen LogP contribution in [-0.4, -0.2) is 81.8 Å². The smallest absolute Gasteiger partial charge is 0.416 e. The molecule has 1 aromatic heterocycles. The van der Waals surface area contributed by atoms with Gasteiger partial charge in [0.05, 0.1) is 30.2 Å². The van der Waals surface area contributed by atoms with Crippen molar-refractivity contribution < 1.29 is 49.5 Å². The number of ether oxygens (including phenoxy) is 1. The van der Waals surface area contributed by atoms with E-state index >= 15 is 0 Å². The van der Waals surface area contributed by atoms with E-state index in [1.165, 1.54) is 46.7 Å². The molecule has 0 saturated carbocycles. The van der Waals surface area contributed by atoms with Gasteiger partial charge >= 0.3 is 12.4 Å². The zero-order valence-electron chi connectivity index (χ0n) is 22.7. The van der Waals surface area contributed by atoms with Gasteiger partial charge in [0.25, 0.3) is 5.91 Å². The molecule has 1 aliphatic heterocycles. The van der Waals surface area contributed by atoms with Crippen LogP contribution in [0.25, 0.3) is 11.4 Å². The molecular weight excluding hydrogens is 646 g/mol. The zero-order valence-corrected chi connectivity index (χ0v) is 24.3. The first-order valence-corrected chi connectivity index (χ1v) is 14.3. The summed E-state index contributed by atoms with van der Waals surface area (Å²) in [4.78, 5) is 14.5. The van der Waals surface area contributed by atoms with Gasteiger partial charge < -0.3 is 4.74 Å². The van der Waals surface area contributed by atoms with E-state index in [4.69, 9.17) is 4.74 Å². The number of carbonyl (C=O) groups is 1. The fraction of sp³-hybridized carbons (Fsp3) is 0.440. The summed E-state index contributed by atoms with van der Waals surface area (Å²) in [6.07, 6.45) is -9.47. The van der Waals surface area contributed by atoms with Crippen LogP contribution in [0.15, 0.2) is 53.4 Å². The van der Waals surface area contributed by atoms with Crippen LogP contribution < -0.4 is 10.2 Å². The van der Waals surface area contributed by atoms with Gasteiger partial charge in [-0.1, -0.05) is 12.1 Å². The maximum absolute atomic E-state index is 13.5. The van der Waals surface area contributed by atoms with Crippen molar-refractivity contribution in [1.29, 1.82) is 0 Å². The van der Waals surface area contributed by atoms with Crippen molar-refractivity contribution in [3.05, 3.63) is 54.1 Å². The molecule has 0 bridgehead atoms. The Morgan fingerprint density at radius 2 is 1.61 bits per heavy atom. The normalized spacial score (nSPS) is 15.8. The van der Waals surface area contributed by atoms with Crippen LogP contribution in [0.1, 0.15) is 24.8 Å². The predicted octanol–water partition coefficient (Wildman–Crippen LogP) is 3.93. The number of tetrazole rings is 1. The molecule has 11 nitrogen and oxygen atoms in total. The largest absolute Gasteiger partial charge is 0.494 e. The summed E-state index contributed by atoms with van der Waals surface area (Å²) in [5.41, 5.74) is 0.909. The highest BCUT2D eigenvalue weighted by atomic mass is 35.5. The summed E-state index contributed by atoms with van der Waals surface area (Å²) in [7, 11) is -4.43. The van der Waals surface area contributed by atoms with Crippen molar-refractivity contribution in [2.45, 2.75) is 47.8 Å². The molecular formula is C25H27ClF6N6O5S. The third kappa shape index (κ3) is 7.96. The molecule has 0 atom stereocenters. The minimum atomic E-state index is -4.49. The number of hydrogen-bond donors (Lipinski definition) is 2. The number of hydrogen-bond acceptors (Lipinski definition) is 9. The lowest BCUT2D eigenvalue weighted by Crippen LogP contribution is -2.58.